The molecular formula is C33H43FN2O3. The van der Waals surface area contributed by atoms with Crippen LogP contribution < -0.4 is 14.4 Å². The van der Waals surface area contributed by atoms with E-state index < -0.39 is 0 Å². The van der Waals surface area contributed by atoms with Gasteiger partial charge in [-0.1, -0.05) is 18.2 Å². The summed E-state index contributed by atoms with van der Waals surface area (Å²) in [6, 6.07) is 17.5. The van der Waals surface area contributed by atoms with Crippen LogP contribution in [0.5, 0.6) is 17.2 Å². The molecule has 1 atom stereocenters. The number of hydrogen-bond donors (Lipinski definition) is 1. The Kier molecular flexibility index (Phi) is 8.75. The average molecular weight is 535 g/mol. The van der Waals surface area contributed by atoms with Crippen LogP contribution in [0.4, 0.5) is 10.1 Å². The van der Waals surface area contributed by atoms with Crippen molar-refractivity contribution < 1.29 is 19.0 Å². The predicted octanol–water partition coefficient (Wildman–Crippen LogP) is 6.95. The first-order valence-corrected chi connectivity index (χ1v) is 13.8. The van der Waals surface area contributed by atoms with Gasteiger partial charge >= 0.3 is 0 Å². The number of aromatic hydroxyl groups is 1. The van der Waals surface area contributed by atoms with Crippen LogP contribution in [0.15, 0.2) is 54.6 Å². The number of benzene rings is 3. The molecule has 3 aromatic carbocycles. The van der Waals surface area contributed by atoms with Gasteiger partial charge in [0, 0.05) is 29.9 Å². The first kappa shape index (κ1) is 28.8. The number of likely N-dealkylation sites (N-methyl/N-ethyl adjacent to an activating group) is 1. The molecular weight excluding hydrogens is 491 g/mol. The lowest BCUT2D eigenvalue weighted by Crippen LogP contribution is -2.43. The molecule has 0 saturated carbocycles. The Labute approximate surface area is 233 Å². The Bertz CT molecular complexity index is 1290. The van der Waals surface area contributed by atoms with Gasteiger partial charge in [0.2, 0.25) is 0 Å². The SMILES string of the molecule is COc1ccc([C@@H]2CCc3cc(O)ccc3C2)c(N(Cc2ccc(OCC(C)(C)N(C)C)c(F)c2)C(C)C)c1. The first-order chi connectivity index (χ1) is 18.5. The van der Waals surface area contributed by atoms with Crippen LogP contribution in [-0.4, -0.2) is 49.4 Å². The van der Waals surface area contributed by atoms with Crippen molar-refractivity contribution >= 4 is 5.69 Å². The van der Waals surface area contributed by atoms with Gasteiger partial charge in [0.15, 0.2) is 11.6 Å². The molecule has 39 heavy (non-hydrogen) atoms. The molecule has 0 aliphatic heterocycles. The molecule has 0 bridgehead atoms. The molecule has 5 nitrogen and oxygen atoms in total. The lowest BCUT2D eigenvalue weighted by molar-refractivity contribution is 0.111. The van der Waals surface area contributed by atoms with Crippen molar-refractivity contribution in [3.63, 3.8) is 0 Å². The summed E-state index contributed by atoms with van der Waals surface area (Å²) in [4.78, 5) is 4.40. The maximum atomic E-state index is 15.1. The summed E-state index contributed by atoms with van der Waals surface area (Å²) in [6.07, 6.45) is 2.86. The standard InChI is InChI=1S/C33H43FN2O3/c1-22(2)36(20-23-8-15-32(30(34)16-23)39-21-33(3,4)35(5)6)31-19-28(38-7)13-14-29(31)26-10-9-25-18-27(37)12-11-24(25)17-26/h8,11-16,18-19,22,26,37H,9-10,17,20-21H2,1-7H3/t26-/m1/s1. The molecule has 0 amide bonds. The Hall–Kier alpha value is -3.25. The Morgan fingerprint density at radius 1 is 1.03 bits per heavy atom. The zero-order valence-electron chi connectivity index (χ0n) is 24.4. The molecule has 0 unspecified atom stereocenters. The Balaban J connectivity index is 1.60. The van der Waals surface area contributed by atoms with E-state index in [1.807, 2.05) is 38.4 Å². The zero-order valence-corrected chi connectivity index (χ0v) is 24.4. The lowest BCUT2D eigenvalue weighted by atomic mass is 9.79. The number of anilines is 1. The van der Waals surface area contributed by atoms with E-state index in [0.29, 0.717) is 24.8 Å². The minimum absolute atomic E-state index is 0.184. The molecule has 0 aromatic heterocycles. The number of halogens is 1. The number of methoxy groups -OCH3 is 1. The number of phenolic OH excluding ortho intramolecular Hbond substituents is 1. The minimum atomic E-state index is -0.344. The van der Waals surface area contributed by atoms with Crippen molar-refractivity contribution in [2.75, 3.05) is 32.7 Å². The van der Waals surface area contributed by atoms with Gasteiger partial charge in [-0.15, -0.1) is 0 Å². The van der Waals surface area contributed by atoms with E-state index >= 15 is 4.39 Å². The monoisotopic (exact) mass is 534 g/mol. The van der Waals surface area contributed by atoms with Crippen LogP contribution in [-0.2, 0) is 19.4 Å². The molecule has 0 saturated heterocycles. The van der Waals surface area contributed by atoms with Crippen LogP contribution in [0.1, 0.15) is 62.3 Å². The maximum Gasteiger partial charge on any atom is 0.165 e. The topological polar surface area (TPSA) is 45.2 Å². The number of hydrogen-bond acceptors (Lipinski definition) is 5. The van der Waals surface area contributed by atoms with Crippen molar-refractivity contribution in [2.45, 2.75) is 71.0 Å². The highest BCUT2D eigenvalue weighted by Crippen LogP contribution is 2.40. The summed E-state index contributed by atoms with van der Waals surface area (Å²) in [5.74, 6) is 1.41. The fourth-order valence-electron chi connectivity index (χ4n) is 5.14. The predicted molar refractivity (Wildman–Crippen MR) is 157 cm³/mol. The molecule has 0 fully saturated rings. The van der Waals surface area contributed by atoms with E-state index in [0.717, 1.165) is 36.3 Å². The summed E-state index contributed by atoms with van der Waals surface area (Å²) in [5, 5.41) is 9.91. The molecule has 1 aliphatic carbocycles. The smallest absolute Gasteiger partial charge is 0.165 e. The van der Waals surface area contributed by atoms with E-state index in [4.69, 9.17) is 9.47 Å². The van der Waals surface area contributed by atoms with Gasteiger partial charge in [-0.2, -0.15) is 0 Å². The Morgan fingerprint density at radius 3 is 2.46 bits per heavy atom. The fraction of sp³-hybridized carbons (Fsp3) is 0.455. The third-order valence-corrected chi connectivity index (χ3v) is 8.17. The van der Waals surface area contributed by atoms with Crippen molar-refractivity contribution in [1.82, 2.24) is 4.90 Å². The molecule has 1 N–H and O–H groups in total. The van der Waals surface area contributed by atoms with Crippen LogP contribution in [0, 0.1) is 5.82 Å². The summed E-state index contributed by atoms with van der Waals surface area (Å²) in [5.41, 5.74) is 5.59. The van der Waals surface area contributed by atoms with E-state index in [1.165, 1.54) is 16.7 Å². The highest BCUT2D eigenvalue weighted by Gasteiger charge is 2.26. The summed E-state index contributed by atoms with van der Waals surface area (Å²) < 4.78 is 26.6. The van der Waals surface area contributed by atoms with Gasteiger partial charge in [-0.3, -0.25) is 0 Å². The van der Waals surface area contributed by atoms with E-state index in [2.05, 4.69) is 49.6 Å². The average Bonchev–Trinajstić information content (AvgIpc) is 2.90. The highest BCUT2D eigenvalue weighted by atomic mass is 19.1. The van der Waals surface area contributed by atoms with Crippen molar-refractivity contribution in [3.8, 4) is 17.2 Å². The van der Waals surface area contributed by atoms with Crippen molar-refractivity contribution in [2.24, 2.45) is 0 Å². The number of nitrogens with zero attached hydrogens (tertiary/aromatic N) is 2. The summed E-state index contributed by atoms with van der Waals surface area (Å²) >= 11 is 0. The number of aryl methyl sites for hydroxylation is 1. The number of fused-ring (bicyclic) bond motifs is 1. The van der Waals surface area contributed by atoms with E-state index in [-0.39, 0.29) is 23.1 Å². The zero-order chi connectivity index (χ0) is 28.3. The quantitative estimate of drug-likeness (QED) is 0.305. The largest absolute Gasteiger partial charge is 0.508 e. The van der Waals surface area contributed by atoms with Crippen LogP contribution in [0.25, 0.3) is 0 Å². The lowest BCUT2D eigenvalue weighted by Gasteiger charge is -2.35. The Morgan fingerprint density at radius 2 is 1.79 bits per heavy atom. The number of rotatable bonds is 10. The van der Waals surface area contributed by atoms with Gasteiger partial charge in [0.05, 0.1) is 7.11 Å². The maximum absolute atomic E-state index is 15.1. The molecule has 210 valence electrons. The third-order valence-electron chi connectivity index (χ3n) is 8.17. The van der Waals surface area contributed by atoms with Gasteiger partial charge in [0.1, 0.15) is 18.1 Å². The van der Waals surface area contributed by atoms with Crippen LogP contribution in [0.3, 0.4) is 0 Å². The number of ether oxygens (including phenoxy) is 2. The van der Waals surface area contributed by atoms with Crippen LogP contribution in [0.2, 0.25) is 0 Å². The molecule has 4 rings (SSSR count). The normalized spacial score (nSPS) is 15.4. The van der Waals surface area contributed by atoms with Gasteiger partial charge in [0.25, 0.3) is 0 Å². The molecule has 0 heterocycles. The first-order valence-electron chi connectivity index (χ1n) is 13.8. The summed E-state index contributed by atoms with van der Waals surface area (Å²) in [6.45, 7) is 9.43. The van der Waals surface area contributed by atoms with Crippen molar-refractivity contribution in [3.05, 3.63) is 82.7 Å². The molecule has 0 spiro atoms. The number of phenols is 1. The van der Waals surface area contributed by atoms with Crippen LogP contribution >= 0.6 is 0 Å². The molecule has 3 aromatic rings. The second-order valence-corrected chi connectivity index (χ2v) is 11.8. The molecule has 6 heteroatoms. The van der Waals surface area contributed by atoms with Gasteiger partial charge in [-0.05, 0) is 120 Å². The second-order valence-electron chi connectivity index (χ2n) is 11.8. The minimum Gasteiger partial charge on any atom is -0.508 e. The third kappa shape index (κ3) is 6.67. The summed E-state index contributed by atoms with van der Waals surface area (Å²) in [7, 11) is 5.67. The molecule has 1 aliphatic rings. The second kappa shape index (κ2) is 11.9. The van der Waals surface area contributed by atoms with Crippen molar-refractivity contribution in [1.29, 1.82) is 0 Å². The van der Waals surface area contributed by atoms with E-state index in [9.17, 15) is 5.11 Å². The van der Waals surface area contributed by atoms with Gasteiger partial charge in [-0.25, -0.2) is 4.39 Å². The van der Waals surface area contributed by atoms with Gasteiger partial charge < -0.3 is 24.4 Å². The molecule has 0 radical (unpaired) electrons. The fourth-order valence-corrected chi connectivity index (χ4v) is 5.14. The highest BCUT2D eigenvalue weighted by molar-refractivity contribution is 5.60. The van der Waals surface area contributed by atoms with E-state index in [1.54, 1.807) is 25.3 Å².